The topological polar surface area (TPSA) is 74.8 Å². The average molecular weight is 298 g/mol. The van der Waals surface area contributed by atoms with Gasteiger partial charge in [-0.3, -0.25) is 9.79 Å². The van der Waals surface area contributed by atoms with Crippen molar-refractivity contribution in [2.24, 2.45) is 4.99 Å². The second-order valence-corrected chi connectivity index (χ2v) is 5.28. The zero-order chi connectivity index (χ0) is 15.3. The summed E-state index contributed by atoms with van der Waals surface area (Å²) in [6.07, 6.45) is 6.15. The number of guanidine groups is 1. The maximum Gasteiger partial charge on any atom is 0.221 e. The summed E-state index contributed by atoms with van der Waals surface area (Å²) in [4.78, 5) is 15.9. The van der Waals surface area contributed by atoms with Crippen LogP contribution >= 0.6 is 0 Å². The monoisotopic (exact) mass is 298 g/mol. The Kier molecular flexibility index (Phi) is 9.61. The highest BCUT2D eigenvalue weighted by molar-refractivity contribution is 5.81. The first-order valence-electron chi connectivity index (χ1n) is 8.08. The highest BCUT2D eigenvalue weighted by Gasteiger charge is 2.16. The normalized spacial score (nSPS) is 16.0. The molecule has 21 heavy (non-hydrogen) atoms. The quantitative estimate of drug-likeness (QED) is 0.338. The van der Waals surface area contributed by atoms with E-state index < -0.39 is 0 Å². The standard InChI is InChI=1S/C15H30N4O2/c1-3-21-12-6-10-17-15(16-2)18-11-9-14(20)19-13-7-4-5-8-13/h13H,3-12H2,1-2H3,(H,19,20)(H2,16,17,18). The van der Waals surface area contributed by atoms with Gasteiger partial charge in [-0.2, -0.15) is 0 Å². The van der Waals surface area contributed by atoms with E-state index in [4.69, 9.17) is 4.74 Å². The number of nitrogens with zero attached hydrogens (tertiary/aromatic N) is 1. The van der Waals surface area contributed by atoms with Crippen LogP contribution in [0.4, 0.5) is 0 Å². The van der Waals surface area contributed by atoms with Gasteiger partial charge in [-0.25, -0.2) is 0 Å². The fourth-order valence-electron chi connectivity index (χ4n) is 2.41. The average Bonchev–Trinajstić information content (AvgIpc) is 2.98. The Hall–Kier alpha value is -1.30. The lowest BCUT2D eigenvalue weighted by Crippen LogP contribution is -2.40. The van der Waals surface area contributed by atoms with Gasteiger partial charge in [-0.15, -0.1) is 0 Å². The summed E-state index contributed by atoms with van der Waals surface area (Å²) in [6.45, 7) is 4.91. The molecule has 1 saturated carbocycles. The van der Waals surface area contributed by atoms with E-state index in [1.165, 1.54) is 12.8 Å². The first kappa shape index (κ1) is 17.8. The van der Waals surface area contributed by atoms with Crippen LogP contribution in [0.25, 0.3) is 0 Å². The predicted octanol–water partition coefficient (Wildman–Crippen LogP) is 1.03. The van der Waals surface area contributed by atoms with Crippen LogP contribution < -0.4 is 16.0 Å². The molecular formula is C15H30N4O2. The Morgan fingerprint density at radius 2 is 1.95 bits per heavy atom. The van der Waals surface area contributed by atoms with E-state index in [2.05, 4.69) is 20.9 Å². The van der Waals surface area contributed by atoms with Gasteiger partial charge in [-0.05, 0) is 26.2 Å². The molecule has 6 nitrogen and oxygen atoms in total. The summed E-state index contributed by atoms with van der Waals surface area (Å²) >= 11 is 0. The van der Waals surface area contributed by atoms with Gasteiger partial charge in [0.25, 0.3) is 0 Å². The molecule has 1 amide bonds. The first-order valence-corrected chi connectivity index (χ1v) is 8.08. The van der Waals surface area contributed by atoms with Crippen molar-refractivity contribution in [2.75, 3.05) is 33.4 Å². The molecule has 1 aliphatic rings. The molecule has 0 saturated heterocycles. The van der Waals surface area contributed by atoms with Gasteiger partial charge in [-0.1, -0.05) is 12.8 Å². The zero-order valence-corrected chi connectivity index (χ0v) is 13.4. The number of ether oxygens (including phenoxy) is 1. The van der Waals surface area contributed by atoms with Crippen LogP contribution in [0, 0.1) is 0 Å². The minimum atomic E-state index is 0.126. The second kappa shape index (κ2) is 11.4. The molecule has 0 aromatic carbocycles. The lowest BCUT2D eigenvalue weighted by Gasteiger charge is -2.14. The molecule has 0 spiro atoms. The number of carbonyl (C=O) groups is 1. The molecule has 0 aliphatic heterocycles. The summed E-state index contributed by atoms with van der Waals surface area (Å²) in [5.74, 6) is 0.862. The number of rotatable bonds is 9. The van der Waals surface area contributed by atoms with Crippen molar-refractivity contribution < 1.29 is 9.53 Å². The van der Waals surface area contributed by atoms with Crippen molar-refractivity contribution in [2.45, 2.75) is 51.5 Å². The molecule has 0 aromatic heterocycles. The van der Waals surface area contributed by atoms with Gasteiger partial charge < -0.3 is 20.7 Å². The molecule has 0 heterocycles. The molecule has 0 atom stereocenters. The lowest BCUT2D eigenvalue weighted by atomic mass is 10.2. The van der Waals surface area contributed by atoms with Crippen molar-refractivity contribution in [3.8, 4) is 0 Å². The van der Waals surface area contributed by atoms with Gasteiger partial charge in [0.2, 0.25) is 5.91 Å². The Bertz CT molecular complexity index is 315. The van der Waals surface area contributed by atoms with Crippen LogP contribution in [-0.2, 0) is 9.53 Å². The van der Waals surface area contributed by atoms with Gasteiger partial charge in [0.1, 0.15) is 0 Å². The molecule has 1 rings (SSSR count). The molecule has 0 bridgehead atoms. The van der Waals surface area contributed by atoms with Crippen LogP contribution in [0.1, 0.15) is 45.4 Å². The van der Waals surface area contributed by atoms with Crippen LogP contribution in [0.3, 0.4) is 0 Å². The van der Waals surface area contributed by atoms with Crippen LogP contribution in [0.2, 0.25) is 0 Å². The Labute approximate surface area is 128 Å². The van der Waals surface area contributed by atoms with Crippen LogP contribution in [0.5, 0.6) is 0 Å². The van der Waals surface area contributed by atoms with Gasteiger partial charge in [0.05, 0.1) is 0 Å². The Morgan fingerprint density at radius 1 is 1.24 bits per heavy atom. The highest BCUT2D eigenvalue weighted by Crippen LogP contribution is 2.17. The van der Waals surface area contributed by atoms with Gasteiger partial charge >= 0.3 is 0 Å². The zero-order valence-electron chi connectivity index (χ0n) is 13.4. The number of hydrogen-bond acceptors (Lipinski definition) is 3. The van der Waals surface area contributed by atoms with Crippen molar-refractivity contribution in [1.29, 1.82) is 0 Å². The summed E-state index contributed by atoms with van der Waals surface area (Å²) in [7, 11) is 1.73. The van der Waals surface area contributed by atoms with Crippen molar-refractivity contribution >= 4 is 11.9 Å². The maximum atomic E-state index is 11.8. The van der Waals surface area contributed by atoms with Crippen LogP contribution in [0.15, 0.2) is 4.99 Å². The SMILES string of the molecule is CCOCCCNC(=NC)NCCC(=O)NC1CCCC1. The summed E-state index contributed by atoms with van der Waals surface area (Å²) in [5.41, 5.74) is 0. The number of amides is 1. The van der Waals surface area contributed by atoms with E-state index in [9.17, 15) is 4.79 Å². The smallest absolute Gasteiger partial charge is 0.221 e. The molecule has 0 unspecified atom stereocenters. The predicted molar refractivity (Wildman–Crippen MR) is 85.5 cm³/mol. The fraction of sp³-hybridized carbons (Fsp3) is 0.867. The van der Waals surface area contributed by atoms with E-state index >= 15 is 0 Å². The Balaban J connectivity index is 2.04. The van der Waals surface area contributed by atoms with Crippen molar-refractivity contribution in [3.05, 3.63) is 0 Å². The summed E-state index contributed by atoms with van der Waals surface area (Å²) in [6, 6.07) is 0.397. The molecular weight excluding hydrogens is 268 g/mol. The molecule has 1 aliphatic carbocycles. The maximum absolute atomic E-state index is 11.8. The van der Waals surface area contributed by atoms with E-state index in [-0.39, 0.29) is 5.91 Å². The third kappa shape index (κ3) is 8.55. The fourth-order valence-corrected chi connectivity index (χ4v) is 2.41. The molecule has 6 heteroatoms. The van der Waals surface area contributed by atoms with E-state index in [1.807, 2.05) is 6.92 Å². The number of aliphatic imine (C=N–C) groups is 1. The molecule has 3 N–H and O–H groups in total. The highest BCUT2D eigenvalue weighted by atomic mass is 16.5. The first-order chi connectivity index (χ1) is 10.3. The number of carbonyl (C=O) groups excluding carboxylic acids is 1. The summed E-state index contributed by atoms with van der Waals surface area (Å²) < 4.78 is 5.27. The molecule has 0 radical (unpaired) electrons. The second-order valence-electron chi connectivity index (χ2n) is 5.28. The number of hydrogen-bond donors (Lipinski definition) is 3. The molecule has 1 fully saturated rings. The van der Waals surface area contributed by atoms with Crippen LogP contribution in [-0.4, -0.2) is 51.3 Å². The van der Waals surface area contributed by atoms with E-state index in [0.29, 0.717) is 19.0 Å². The van der Waals surface area contributed by atoms with E-state index in [0.717, 1.165) is 45.0 Å². The third-order valence-electron chi connectivity index (χ3n) is 3.55. The van der Waals surface area contributed by atoms with Gasteiger partial charge in [0.15, 0.2) is 5.96 Å². The molecule has 0 aromatic rings. The minimum Gasteiger partial charge on any atom is -0.382 e. The third-order valence-corrected chi connectivity index (χ3v) is 3.55. The summed E-state index contributed by atoms with van der Waals surface area (Å²) in [5, 5.41) is 9.44. The molecule has 122 valence electrons. The minimum absolute atomic E-state index is 0.126. The lowest BCUT2D eigenvalue weighted by molar-refractivity contribution is -0.121. The van der Waals surface area contributed by atoms with E-state index in [1.54, 1.807) is 7.05 Å². The van der Waals surface area contributed by atoms with Crippen molar-refractivity contribution in [3.63, 3.8) is 0 Å². The van der Waals surface area contributed by atoms with Crippen molar-refractivity contribution in [1.82, 2.24) is 16.0 Å². The number of nitrogens with one attached hydrogen (secondary N) is 3. The largest absolute Gasteiger partial charge is 0.382 e. The van der Waals surface area contributed by atoms with Gasteiger partial charge in [0, 0.05) is 45.8 Å². The Morgan fingerprint density at radius 3 is 2.62 bits per heavy atom.